The number of halogens is 5. The Morgan fingerprint density at radius 1 is 1.07 bits per heavy atom. The molecule has 1 unspecified atom stereocenters. The molecule has 42 heavy (non-hydrogen) atoms. The number of carbonyl (C=O) groups excluding carboxylic acids is 2. The van der Waals surface area contributed by atoms with Gasteiger partial charge in [-0.1, -0.05) is 22.3 Å². The molecule has 0 saturated carbocycles. The number of nitrogens with zero attached hydrogens (tertiary/aromatic N) is 2. The highest BCUT2D eigenvalue weighted by atomic mass is 35.5. The molecule has 10 nitrogen and oxygen atoms in total. The third kappa shape index (κ3) is 6.37. The summed E-state index contributed by atoms with van der Waals surface area (Å²) < 4.78 is 76.4. The molecule has 0 bridgehead atoms. The summed E-state index contributed by atoms with van der Waals surface area (Å²) in [6, 6.07) is 6.26. The maximum absolute atomic E-state index is 15.0. The van der Waals surface area contributed by atoms with E-state index in [4.69, 9.17) is 16.5 Å². The molecule has 1 aliphatic heterocycles. The number of urea groups is 1. The fourth-order valence-electron chi connectivity index (χ4n) is 4.17. The minimum absolute atomic E-state index is 0.00143. The lowest BCUT2D eigenvalue weighted by Crippen LogP contribution is -2.46. The molecule has 0 radical (unpaired) electrons. The molecule has 0 aromatic heterocycles. The SMILES string of the molecule is COP(=O)(O)OOc1ccc(F)c(CN2C(=O)N(C)[C@@H](C)c3ccc(C(=O)NCc4c(F)cc(F)cc4F)cc32)c1Cl. The first-order valence-electron chi connectivity index (χ1n) is 12.1. The van der Waals surface area contributed by atoms with Gasteiger partial charge in [-0.05, 0) is 36.8 Å². The highest BCUT2D eigenvalue weighted by molar-refractivity contribution is 7.47. The first kappa shape index (κ1) is 31.3. The molecule has 224 valence electrons. The van der Waals surface area contributed by atoms with Crippen LogP contribution in [0.2, 0.25) is 5.02 Å². The third-order valence-corrected chi connectivity index (χ3v) is 7.74. The minimum atomic E-state index is -4.58. The molecule has 2 atom stereocenters. The monoisotopic (exact) mass is 631 g/mol. The average Bonchev–Trinajstić information content (AvgIpc) is 2.94. The zero-order chi connectivity index (χ0) is 30.9. The first-order valence-corrected chi connectivity index (χ1v) is 13.9. The molecule has 1 heterocycles. The number of hydrogen-bond donors (Lipinski definition) is 2. The fraction of sp³-hybridized carbons (Fsp3) is 0.231. The Balaban J connectivity index is 1.65. The summed E-state index contributed by atoms with van der Waals surface area (Å²) in [7, 11) is -2.17. The lowest BCUT2D eigenvalue weighted by atomic mass is 9.98. The number of anilines is 1. The molecule has 4 rings (SSSR count). The van der Waals surface area contributed by atoms with E-state index in [1.54, 1.807) is 13.0 Å². The van der Waals surface area contributed by atoms with Gasteiger partial charge in [0.25, 0.3) is 5.91 Å². The van der Waals surface area contributed by atoms with Gasteiger partial charge in [0.2, 0.25) is 0 Å². The summed E-state index contributed by atoms with van der Waals surface area (Å²) in [4.78, 5) is 42.9. The van der Waals surface area contributed by atoms with Gasteiger partial charge < -0.3 is 20.0 Å². The maximum atomic E-state index is 15.0. The molecule has 16 heteroatoms. The second-order valence-corrected chi connectivity index (χ2v) is 10.9. The van der Waals surface area contributed by atoms with E-state index in [1.807, 2.05) is 0 Å². The van der Waals surface area contributed by atoms with Crippen molar-refractivity contribution in [3.8, 4) is 5.75 Å². The van der Waals surface area contributed by atoms with Crippen LogP contribution in [0.4, 0.5) is 28.0 Å². The van der Waals surface area contributed by atoms with Crippen LogP contribution in [0.1, 0.15) is 40.0 Å². The Bertz CT molecular complexity index is 1590. The smallest absolute Gasteiger partial charge is 0.348 e. The van der Waals surface area contributed by atoms with Gasteiger partial charge in [-0.2, -0.15) is 0 Å². The van der Waals surface area contributed by atoms with Crippen molar-refractivity contribution >= 4 is 37.0 Å². The van der Waals surface area contributed by atoms with Crippen LogP contribution >= 0.6 is 19.4 Å². The normalized spacial score (nSPS) is 16.2. The molecular formula is C26H23ClF4N3O7P. The number of amides is 3. The lowest BCUT2D eigenvalue weighted by molar-refractivity contribution is -0.125. The van der Waals surface area contributed by atoms with Gasteiger partial charge in [0.05, 0.1) is 23.3 Å². The van der Waals surface area contributed by atoms with E-state index in [-0.39, 0.29) is 27.6 Å². The summed E-state index contributed by atoms with van der Waals surface area (Å²) >= 11 is 6.30. The van der Waals surface area contributed by atoms with Crippen molar-refractivity contribution in [2.24, 2.45) is 0 Å². The molecular weight excluding hydrogens is 609 g/mol. The second kappa shape index (κ2) is 12.3. The van der Waals surface area contributed by atoms with Gasteiger partial charge in [0, 0.05) is 49.5 Å². The maximum Gasteiger partial charge on any atom is 0.508 e. The highest BCUT2D eigenvalue weighted by Crippen LogP contribution is 2.44. The van der Waals surface area contributed by atoms with Crippen molar-refractivity contribution in [1.82, 2.24) is 10.2 Å². The Kier molecular flexibility index (Phi) is 9.14. The van der Waals surface area contributed by atoms with E-state index in [0.717, 1.165) is 24.1 Å². The second-order valence-electron chi connectivity index (χ2n) is 9.11. The van der Waals surface area contributed by atoms with Crippen LogP contribution in [0.15, 0.2) is 42.5 Å². The van der Waals surface area contributed by atoms with Crippen molar-refractivity contribution in [3.05, 3.63) is 93.0 Å². The molecule has 0 aliphatic carbocycles. The number of nitrogens with one attached hydrogen (secondary N) is 1. The number of hydrogen-bond acceptors (Lipinski definition) is 6. The Morgan fingerprint density at radius 3 is 2.38 bits per heavy atom. The predicted molar refractivity (Wildman–Crippen MR) is 142 cm³/mol. The highest BCUT2D eigenvalue weighted by Gasteiger charge is 2.35. The number of carbonyl (C=O) groups is 2. The summed E-state index contributed by atoms with van der Waals surface area (Å²) in [5.41, 5.74) is 0.00501. The van der Waals surface area contributed by atoms with E-state index in [0.29, 0.717) is 17.7 Å². The number of phosphoric acid groups is 1. The molecule has 1 aliphatic rings. The Hall–Kier alpha value is -3.68. The van der Waals surface area contributed by atoms with Crippen molar-refractivity contribution < 1.29 is 50.7 Å². The molecule has 0 fully saturated rings. The van der Waals surface area contributed by atoms with Crippen LogP contribution in [-0.2, 0) is 26.9 Å². The Labute approximate surface area is 241 Å². The van der Waals surface area contributed by atoms with E-state index >= 15 is 0 Å². The van der Waals surface area contributed by atoms with Crippen LogP contribution in [0.25, 0.3) is 0 Å². The fourth-order valence-corrected chi connectivity index (χ4v) is 4.65. The van der Waals surface area contributed by atoms with Crippen molar-refractivity contribution in [2.45, 2.75) is 26.1 Å². The predicted octanol–water partition coefficient (Wildman–Crippen LogP) is 6.02. The number of fused-ring (bicyclic) bond motifs is 1. The van der Waals surface area contributed by atoms with Gasteiger partial charge in [0.15, 0.2) is 5.75 Å². The van der Waals surface area contributed by atoms with Gasteiger partial charge in [-0.15, -0.1) is 0 Å². The van der Waals surface area contributed by atoms with Crippen molar-refractivity contribution in [3.63, 3.8) is 0 Å². The first-order chi connectivity index (χ1) is 19.7. The number of phosphoric ester groups is 1. The van der Waals surface area contributed by atoms with E-state index < -0.39 is 67.7 Å². The van der Waals surface area contributed by atoms with Crippen LogP contribution in [0, 0.1) is 23.3 Å². The standard InChI is InChI=1S/C26H23ClF4N3O7P/c1-13-16-5-4-14(25(35)32-11-17-20(30)9-15(28)10-21(17)31)8-22(16)34(26(36)33(13)2)12-18-19(29)6-7-23(24(18)27)40-41-42(37,38)39-3/h4-10,13H,11-12H2,1-3H3,(H,32,35)(H,37,38)/t13-/m0/s1. The van der Waals surface area contributed by atoms with Gasteiger partial charge >= 0.3 is 13.9 Å². The molecule has 0 saturated heterocycles. The third-order valence-electron chi connectivity index (χ3n) is 6.60. The van der Waals surface area contributed by atoms with E-state index in [9.17, 15) is 36.6 Å². The zero-order valence-corrected chi connectivity index (χ0v) is 23.8. The van der Waals surface area contributed by atoms with Crippen LogP contribution in [0.3, 0.4) is 0 Å². The number of rotatable bonds is 9. The lowest BCUT2D eigenvalue weighted by Gasteiger charge is -2.40. The average molecular weight is 632 g/mol. The van der Waals surface area contributed by atoms with E-state index in [2.05, 4.69) is 14.5 Å². The molecule has 0 spiro atoms. The quantitative estimate of drug-likeness (QED) is 0.128. The summed E-state index contributed by atoms with van der Waals surface area (Å²) in [5, 5.41) is 1.98. The van der Waals surface area contributed by atoms with E-state index in [1.165, 1.54) is 24.1 Å². The molecule has 3 amide bonds. The Morgan fingerprint density at radius 2 is 1.74 bits per heavy atom. The van der Waals surface area contributed by atoms with Crippen molar-refractivity contribution in [1.29, 1.82) is 0 Å². The minimum Gasteiger partial charge on any atom is -0.348 e. The van der Waals surface area contributed by atoms with Crippen LogP contribution < -0.4 is 15.1 Å². The van der Waals surface area contributed by atoms with Gasteiger partial charge in [-0.25, -0.2) is 26.9 Å². The van der Waals surface area contributed by atoms with Crippen LogP contribution in [0.5, 0.6) is 5.75 Å². The molecule has 2 N–H and O–H groups in total. The largest absolute Gasteiger partial charge is 0.508 e. The zero-order valence-electron chi connectivity index (χ0n) is 22.2. The summed E-state index contributed by atoms with van der Waals surface area (Å²) in [6.45, 7) is 0.675. The van der Waals surface area contributed by atoms with Crippen LogP contribution in [-0.4, -0.2) is 35.9 Å². The topological polar surface area (TPSA) is 118 Å². The van der Waals surface area contributed by atoms with Gasteiger partial charge in [0.1, 0.15) is 23.3 Å². The summed E-state index contributed by atoms with van der Waals surface area (Å²) in [6.07, 6.45) is 0. The van der Waals surface area contributed by atoms with Crippen molar-refractivity contribution in [2.75, 3.05) is 19.1 Å². The molecule has 3 aromatic carbocycles. The van der Waals surface area contributed by atoms with Gasteiger partial charge in [-0.3, -0.25) is 14.2 Å². The molecule has 3 aromatic rings. The number of benzene rings is 3. The summed E-state index contributed by atoms with van der Waals surface area (Å²) in [5.74, 6) is -5.41.